The fraction of sp³-hybridized carbons (Fsp3) is 0.100. The molecule has 1 heterocycles. The second kappa shape index (κ2) is 3.47. The smallest absolute Gasteiger partial charge is 0.117 e. The van der Waals surface area contributed by atoms with Gasteiger partial charge in [0.2, 0.25) is 0 Å². The number of hydrogen-bond acceptors (Lipinski definition) is 3. The van der Waals surface area contributed by atoms with Crippen molar-refractivity contribution in [2.24, 2.45) is 7.05 Å². The Morgan fingerprint density at radius 2 is 2.20 bits per heavy atom. The molecular formula is C10H10ClN3O. The van der Waals surface area contributed by atoms with E-state index in [9.17, 15) is 5.11 Å². The zero-order valence-electron chi connectivity index (χ0n) is 8.11. The normalized spacial score (nSPS) is 10.5. The van der Waals surface area contributed by atoms with E-state index in [1.165, 1.54) is 6.07 Å². The molecule has 0 aliphatic carbocycles. The molecule has 0 unspecified atom stereocenters. The molecular weight excluding hydrogens is 214 g/mol. The standard InChI is InChI=1S/C10H10ClN3O/c1-14-10(9(12)5-13-14)7-3-2-6(15)4-8(7)11/h2-5,15H,12H2,1H3. The Morgan fingerprint density at radius 3 is 2.73 bits per heavy atom. The summed E-state index contributed by atoms with van der Waals surface area (Å²) in [4.78, 5) is 0. The first-order valence-electron chi connectivity index (χ1n) is 4.36. The van der Waals surface area contributed by atoms with Crippen molar-refractivity contribution in [1.29, 1.82) is 0 Å². The van der Waals surface area contributed by atoms with Crippen molar-refractivity contribution in [3.8, 4) is 17.0 Å². The van der Waals surface area contributed by atoms with Crippen LogP contribution in [-0.2, 0) is 7.05 Å². The Kier molecular flexibility index (Phi) is 2.28. The zero-order valence-corrected chi connectivity index (χ0v) is 8.86. The van der Waals surface area contributed by atoms with E-state index in [1.54, 1.807) is 30.1 Å². The Balaban J connectivity index is 2.64. The maximum Gasteiger partial charge on any atom is 0.117 e. The second-order valence-corrected chi connectivity index (χ2v) is 3.64. The SMILES string of the molecule is Cn1ncc(N)c1-c1ccc(O)cc1Cl. The van der Waals surface area contributed by atoms with Gasteiger partial charge in [-0.2, -0.15) is 5.10 Å². The molecule has 0 aliphatic rings. The van der Waals surface area contributed by atoms with Crippen LogP contribution in [-0.4, -0.2) is 14.9 Å². The maximum atomic E-state index is 9.24. The van der Waals surface area contributed by atoms with E-state index in [0.717, 1.165) is 11.3 Å². The highest BCUT2D eigenvalue weighted by Gasteiger charge is 2.11. The van der Waals surface area contributed by atoms with E-state index < -0.39 is 0 Å². The summed E-state index contributed by atoms with van der Waals surface area (Å²) in [7, 11) is 1.79. The van der Waals surface area contributed by atoms with Crippen molar-refractivity contribution < 1.29 is 5.11 Å². The molecule has 0 bridgehead atoms. The van der Waals surface area contributed by atoms with E-state index in [1.807, 2.05) is 0 Å². The van der Waals surface area contributed by atoms with Crippen LogP contribution >= 0.6 is 11.6 Å². The molecule has 1 aromatic carbocycles. The molecule has 0 fully saturated rings. The summed E-state index contributed by atoms with van der Waals surface area (Å²) in [6.07, 6.45) is 1.57. The molecule has 5 heteroatoms. The lowest BCUT2D eigenvalue weighted by Gasteiger charge is -2.06. The van der Waals surface area contributed by atoms with E-state index >= 15 is 0 Å². The monoisotopic (exact) mass is 223 g/mol. The van der Waals surface area contributed by atoms with Crippen LogP contribution in [0, 0.1) is 0 Å². The van der Waals surface area contributed by atoms with Gasteiger partial charge >= 0.3 is 0 Å². The predicted molar refractivity (Wildman–Crippen MR) is 59.7 cm³/mol. The molecule has 0 spiro atoms. The number of aromatic hydroxyl groups is 1. The lowest BCUT2D eigenvalue weighted by Crippen LogP contribution is -1.96. The summed E-state index contributed by atoms with van der Waals surface area (Å²) in [6.45, 7) is 0. The third kappa shape index (κ3) is 1.64. The Labute approximate surface area is 91.9 Å². The van der Waals surface area contributed by atoms with Gasteiger partial charge in [-0.3, -0.25) is 4.68 Å². The molecule has 1 aromatic heterocycles. The van der Waals surface area contributed by atoms with Crippen LogP contribution in [0.3, 0.4) is 0 Å². The minimum absolute atomic E-state index is 0.129. The maximum absolute atomic E-state index is 9.24. The molecule has 2 rings (SSSR count). The number of rotatable bonds is 1. The molecule has 4 nitrogen and oxygen atoms in total. The fourth-order valence-electron chi connectivity index (χ4n) is 1.48. The Bertz CT molecular complexity index is 488. The summed E-state index contributed by atoms with van der Waals surface area (Å²) in [6, 6.07) is 4.75. The van der Waals surface area contributed by atoms with Gasteiger partial charge in [0.15, 0.2) is 0 Å². The minimum Gasteiger partial charge on any atom is -0.508 e. The molecule has 0 atom stereocenters. The number of aryl methyl sites for hydroxylation is 1. The summed E-state index contributed by atoms with van der Waals surface area (Å²) in [5.74, 6) is 0.129. The Hall–Kier alpha value is -1.68. The quantitative estimate of drug-likeness (QED) is 0.778. The Morgan fingerprint density at radius 1 is 1.47 bits per heavy atom. The van der Waals surface area contributed by atoms with Crippen LogP contribution in [0.5, 0.6) is 5.75 Å². The zero-order chi connectivity index (χ0) is 11.0. The number of anilines is 1. The number of halogens is 1. The van der Waals surface area contributed by atoms with Gasteiger partial charge in [-0.1, -0.05) is 11.6 Å². The minimum atomic E-state index is 0.129. The molecule has 3 N–H and O–H groups in total. The highest BCUT2D eigenvalue weighted by molar-refractivity contribution is 6.33. The van der Waals surface area contributed by atoms with E-state index in [-0.39, 0.29) is 5.75 Å². The highest BCUT2D eigenvalue weighted by Crippen LogP contribution is 2.33. The predicted octanol–water partition coefficient (Wildman–Crippen LogP) is 2.03. The molecule has 0 aliphatic heterocycles. The molecule has 78 valence electrons. The fourth-order valence-corrected chi connectivity index (χ4v) is 1.74. The molecule has 0 amide bonds. The lowest BCUT2D eigenvalue weighted by atomic mass is 10.1. The van der Waals surface area contributed by atoms with Crippen molar-refractivity contribution in [1.82, 2.24) is 9.78 Å². The molecule has 15 heavy (non-hydrogen) atoms. The third-order valence-electron chi connectivity index (χ3n) is 2.17. The molecule has 0 radical (unpaired) electrons. The molecule has 0 saturated carbocycles. The van der Waals surface area contributed by atoms with Crippen LogP contribution in [0.25, 0.3) is 11.3 Å². The highest BCUT2D eigenvalue weighted by atomic mass is 35.5. The summed E-state index contributed by atoms with van der Waals surface area (Å²) < 4.78 is 1.65. The molecule has 2 aromatic rings. The van der Waals surface area contributed by atoms with Gasteiger partial charge in [0.1, 0.15) is 5.75 Å². The van der Waals surface area contributed by atoms with Gasteiger partial charge in [-0.05, 0) is 18.2 Å². The number of benzene rings is 1. The summed E-state index contributed by atoms with van der Waals surface area (Å²) in [5, 5.41) is 13.7. The van der Waals surface area contributed by atoms with Crippen LogP contribution in [0.2, 0.25) is 5.02 Å². The van der Waals surface area contributed by atoms with E-state index in [2.05, 4.69) is 5.10 Å². The van der Waals surface area contributed by atoms with E-state index in [4.69, 9.17) is 17.3 Å². The number of phenolic OH excluding ortho intramolecular Hbond substituents is 1. The number of hydrogen-bond donors (Lipinski definition) is 2. The average Bonchev–Trinajstić information content (AvgIpc) is 2.48. The number of phenols is 1. The average molecular weight is 224 g/mol. The van der Waals surface area contributed by atoms with Crippen molar-refractivity contribution >= 4 is 17.3 Å². The van der Waals surface area contributed by atoms with Crippen LogP contribution in [0.4, 0.5) is 5.69 Å². The number of nitrogens with two attached hydrogens (primary N) is 1. The number of aromatic nitrogens is 2. The first-order valence-corrected chi connectivity index (χ1v) is 4.73. The summed E-state index contributed by atoms with van der Waals surface area (Å²) in [5.41, 5.74) is 7.84. The van der Waals surface area contributed by atoms with Crippen LogP contribution < -0.4 is 5.73 Å². The second-order valence-electron chi connectivity index (χ2n) is 3.24. The van der Waals surface area contributed by atoms with Crippen LogP contribution in [0.1, 0.15) is 0 Å². The van der Waals surface area contributed by atoms with Gasteiger partial charge in [-0.25, -0.2) is 0 Å². The van der Waals surface area contributed by atoms with Crippen molar-refractivity contribution in [2.45, 2.75) is 0 Å². The first kappa shape index (κ1) is 9.86. The van der Waals surface area contributed by atoms with Crippen molar-refractivity contribution in [2.75, 3.05) is 5.73 Å². The lowest BCUT2D eigenvalue weighted by molar-refractivity contribution is 0.475. The third-order valence-corrected chi connectivity index (χ3v) is 2.49. The molecule has 0 saturated heterocycles. The largest absolute Gasteiger partial charge is 0.508 e. The van der Waals surface area contributed by atoms with Crippen molar-refractivity contribution in [3.05, 3.63) is 29.4 Å². The van der Waals surface area contributed by atoms with E-state index in [0.29, 0.717) is 10.7 Å². The van der Waals surface area contributed by atoms with Gasteiger partial charge < -0.3 is 10.8 Å². The first-order chi connectivity index (χ1) is 7.09. The van der Waals surface area contributed by atoms with Gasteiger partial charge in [0.25, 0.3) is 0 Å². The van der Waals surface area contributed by atoms with Crippen LogP contribution in [0.15, 0.2) is 24.4 Å². The topological polar surface area (TPSA) is 64.1 Å². The summed E-state index contributed by atoms with van der Waals surface area (Å²) >= 11 is 6.01. The number of nitrogens with zero attached hydrogens (tertiary/aromatic N) is 2. The van der Waals surface area contributed by atoms with Gasteiger partial charge in [-0.15, -0.1) is 0 Å². The van der Waals surface area contributed by atoms with Gasteiger partial charge in [0, 0.05) is 12.6 Å². The van der Waals surface area contributed by atoms with Crippen molar-refractivity contribution in [3.63, 3.8) is 0 Å². The van der Waals surface area contributed by atoms with Gasteiger partial charge in [0.05, 0.1) is 22.6 Å². The number of nitrogen functional groups attached to an aromatic ring is 1.